The van der Waals surface area contributed by atoms with Crippen LogP contribution in [-0.2, 0) is 0 Å². The van der Waals surface area contributed by atoms with E-state index in [2.05, 4.69) is 18.8 Å². The second-order valence-corrected chi connectivity index (χ2v) is 4.75. The smallest absolute Gasteiger partial charge is 0.124 e. The van der Waals surface area contributed by atoms with Crippen molar-refractivity contribution in [2.75, 3.05) is 11.5 Å². The molecule has 0 bridgehead atoms. The number of rotatable bonds is 2. The molecule has 0 saturated heterocycles. The third-order valence-electron chi connectivity index (χ3n) is 1.20. The summed E-state index contributed by atoms with van der Waals surface area (Å²) in [5.74, 6) is 2.41. The Morgan fingerprint density at radius 2 is 2.60 bits per heavy atom. The zero-order chi connectivity index (χ0) is 7.40. The van der Waals surface area contributed by atoms with E-state index in [-0.39, 0.29) is 0 Å². The summed E-state index contributed by atoms with van der Waals surface area (Å²) in [6.07, 6.45) is 1.25. The molecule has 0 aliphatic carbocycles. The van der Waals surface area contributed by atoms with Gasteiger partial charge in [0.05, 0.1) is 6.04 Å². The van der Waals surface area contributed by atoms with E-state index in [1.54, 1.807) is 0 Å². The van der Waals surface area contributed by atoms with E-state index in [1.807, 2.05) is 23.5 Å². The normalized spacial score (nSPS) is 25.0. The van der Waals surface area contributed by atoms with Crippen LogP contribution in [0.15, 0.2) is 4.99 Å². The van der Waals surface area contributed by atoms with E-state index in [1.165, 1.54) is 22.3 Å². The Morgan fingerprint density at radius 3 is 3.10 bits per heavy atom. The van der Waals surface area contributed by atoms with Crippen molar-refractivity contribution >= 4 is 27.9 Å². The summed E-state index contributed by atoms with van der Waals surface area (Å²) >= 11 is 3.80. The van der Waals surface area contributed by atoms with Crippen LogP contribution in [0.1, 0.15) is 20.3 Å². The molecule has 0 aromatic carbocycles. The van der Waals surface area contributed by atoms with Gasteiger partial charge >= 0.3 is 0 Å². The lowest BCUT2D eigenvalue weighted by Crippen LogP contribution is -1.92. The summed E-state index contributed by atoms with van der Waals surface area (Å²) in [6, 6.07) is 0.560. The van der Waals surface area contributed by atoms with Crippen LogP contribution in [0.25, 0.3) is 0 Å². The van der Waals surface area contributed by atoms with Crippen molar-refractivity contribution in [3.63, 3.8) is 0 Å². The lowest BCUT2D eigenvalue weighted by atomic mass is 10.4. The van der Waals surface area contributed by atoms with E-state index in [4.69, 9.17) is 0 Å². The second kappa shape index (κ2) is 4.29. The third-order valence-corrected chi connectivity index (χ3v) is 3.88. The van der Waals surface area contributed by atoms with Crippen LogP contribution >= 0.6 is 23.5 Å². The van der Waals surface area contributed by atoms with Crippen molar-refractivity contribution in [3.8, 4) is 0 Å². The molecule has 0 aromatic rings. The number of hydrogen-bond acceptors (Lipinski definition) is 3. The fourth-order valence-corrected chi connectivity index (χ4v) is 2.85. The predicted molar refractivity (Wildman–Crippen MR) is 52.1 cm³/mol. The molecule has 0 saturated carbocycles. The average Bonchev–Trinajstić information content (AvgIpc) is 2.31. The van der Waals surface area contributed by atoms with Gasteiger partial charge < -0.3 is 0 Å². The molecule has 1 atom stereocenters. The van der Waals surface area contributed by atoms with Gasteiger partial charge in [0, 0.05) is 5.75 Å². The van der Waals surface area contributed by atoms with Crippen molar-refractivity contribution < 1.29 is 0 Å². The van der Waals surface area contributed by atoms with Crippen molar-refractivity contribution in [1.82, 2.24) is 0 Å². The van der Waals surface area contributed by atoms with Crippen molar-refractivity contribution in [2.45, 2.75) is 26.3 Å². The summed E-state index contributed by atoms with van der Waals surface area (Å²) in [6.45, 7) is 4.38. The molecule has 3 heteroatoms. The lowest BCUT2D eigenvalue weighted by Gasteiger charge is -1.94. The highest BCUT2D eigenvalue weighted by Gasteiger charge is 2.12. The Morgan fingerprint density at radius 1 is 1.80 bits per heavy atom. The third kappa shape index (κ3) is 2.54. The predicted octanol–water partition coefficient (Wildman–Crippen LogP) is 2.62. The van der Waals surface area contributed by atoms with Crippen LogP contribution in [0.3, 0.4) is 0 Å². The molecule has 1 unspecified atom stereocenters. The zero-order valence-electron chi connectivity index (χ0n) is 6.46. The Labute approximate surface area is 71.1 Å². The summed E-state index contributed by atoms with van der Waals surface area (Å²) in [4.78, 5) is 4.47. The molecule has 1 aliphatic heterocycles. The van der Waals surface area contributed by atoms with Gasteiger partial charge in [0.2, 0.25) is 0 Å². The molecule has 58 valence electrons. The minimum Gasteiger partial charge on any atom is -0.268 e. The highest BCUT2D eigenvalue weighted by molar-refractivity contribution is 8.39. The Bertz CT molecular complexity index is 134. The maximum atomic E-state index is 4.47. The van der Waals surface area contributed by atoms with E-state index >= 15 is 0 Å². The molecule has 0 fully saturated rings. The SMILES string of the molecule is CCCSC1=NC(C)CS1. The largest absolute Gasteiger partial charge is 0.268 e. The van der Waals surface area contributed by atoms with E-state index < -0.39 is 0 Å². The number of aliphatic imine (C=N–C) groups is 1. The van der Waals surface area contributed by atoms with Gasteiger partial charge in [-0.25, -0.2) is 0 Å². The van der Waals surface area contributed by atoms with Crippen LogP contribution < -0.4 is 0 Å². The van der Waals surface area contributed by atoms with Crippen LogP contribution in [0.5, 0.6) is 0 Å². The molecule has 10 heavy (non-hydrogen) atoms. The molecule has 0 radical (unpaired) electrons. The maximum Gasteiger partial charge on any atom is 0.124 e. The maximum absolute atomic E-state index is 4.47. The fourth-order valence-electron chi connectivity index (χ4n) is 0.715. The Hall–Kier alpha value is 0.370. The van der Waals surface area contributed by atoms with Gasteiger partial charge in [0.15, 0.2) is 0 Å². The average molecular weight is 175 g/mol. The van der Waals surface area contributed by atoms with Gasteiger partial charge in [-0.05, 0) is 19.1 Å². The Balaban J connectivity index is 2.22. The zero-order valence-corrected chi connectivity index (χ0v) is 8.10. The quantitative estimate of drug-likeness (QED) is 0.639. The Kier molecular flexibility index (Phi) is 3.63. The number of hydrogen-bond donors (Lipinski definition) is 0. The van der Waals surface area contributed by atoms with Gasteiger partial charge in [-0.15, -0.1) is 0 Å². The topological polar surface area (TPSA) is 12.4 Å². The first kappa shape index (κ1) is 8.47. The van der Waals surface area contributed by atoms with Crippen molar-refractivity contribution in [3.05, 3.63) is 0 Å². The minimum absolute atomic E-state index is 0.560. The molecule has 0 spiro atoms. The van der Waals surface area contributed by atoms with Gasteiger partial charge in [-0.3, -0.25) is 4.99 Å². The van der Waals surface area contributed by atoms with Gasteiger partial charge in [0.25, 0.3) is 0 Å². The van der Waals surface area contributed by atoms with Crippen molar-refractivity contribution in [2.24, 2.45) is 4.99 Å². The standard InChI is InChI=1S/C7H13NS2/c1-3-4-9-7-8-6(2)5-10-7/h6H,3-5H2,1-2H3. The summed E-state index contributed by atoms with van der Waals surface area (Å²) in [5, 5.41) is 0. The van der Waals surface area contributed by atoms with Gasteiger partial charge in [-0.2, -0.15) is 0 Å². The molecule has 1 heterocycles. The molecule has 1 rings (SSSR count). The summed E-state index contributed by atoms with van der Waals surface area (Å²) in [5.41, 5.74) is 0. The highest BCUT2D eigenvalue weighted by atomic mass is 32.2. The van der Waals surface area contributed by atoms with Gasteiger partial charge in [-0.1, -0.05) is 30.4 Å². The first-order valence-electron chi connectivity index (χ1n) is 3.66. The van der Waals surface area contributed by atoms with E-state index in [9.17, 15) is 0 Å². The molecule has 0 aromatic heterocycles. The minimum atomic E-state index is 0.560. The van der Waals surface area contributed by atoms with Crippen LogP contribution in [0, 0.1) is 0 Å². The molecule has 0 N–H and O–H groups in total. The highest BCUT2D eigenvalue weighted by Crippen LogP contribution is 2.25. The fraction of sp³-hybridized carbons (Fsp3) is 0.857. The summed E-state index contributed by atoms with van der Waals surface area (Å²) < 4.78 is 1.30. The lowest BCUT2D eigenvalue weighted by molar-refractivity contribution is 0.867. The van der Waals surface area contributed by atoms with E-state index in [0.717, 1.165) is 0 Å². The molecule has 1 nitrogen and oxygen atoms in total. The van der Waals surface area contributed by atoms with Crippen LogP contribution in [-0.4, -0.2) is 21.9 Å². The summed E-state index contributed by atoms with van der Waals surface area (Å²) in [7, 11) is 0. The number of nitrogens with zero attached hydrogens (tertiary/aromatic N) is 1. The van der Waals surface area contributed by atoms with Crippen LogP contribution in [0.2, 0.25) is 0 Å². The molecule has 1 aliphatic rings. The van der Waals surface area contributed by atoms with Crippen LogP contribution in [0.4, 0.5) is 0 Å². The molecule has 0 amide bonds. The second-order valence-electron chi connectivity index (χ2n) is 2.40. The molecular formula is C7H13NS2. The van der Waals surface area contributed by atoms with E-state index in [0.29, 0.717) is 6.04 Å². The molecular weight excluding hydrogens is 162 g/mol. The van der Waals surface area contributed by atoms with Crippen molar-refractivity contribution in [1.29, 1.82) is 0 Å². The first-order valence-corrected chi connectivity index (χ1v) is 5.63. The first-order chi connectivity index (χ1) is 4.83. The number of thioether (sulfide) groups is 2. The van der Waals surface area contributed by atoms with Gasteiger partial charge in [0.1, 0.15) is 4.38 Å². The monoisotopic (exact) mass is 175 g/mol.